The van der Waals surface area contributed by atoms with Crippen LogP contribution in [0.25, 0.3) is 0 Å². The molecular formula is C26H34F2N2O4S. The van der Waals surface area contributed by atoms with E-state index in [-0.39, 0.29) is 30.3 Å². The predicted octanol–water partition coefficient (Wildman–Crippen LogP) is 4.55. The number of hydrogen-bond acceptors (Lipinski definition) is 4. The number of nitrogens with zero attached hydrogens (tertiary/aromatic N) is 1. The third-order valence-electron chi connectivity index (χ3n) is 6.43. The van der Waals surface area contributed by atoms with E-state index in [1.807, 2.05) is 45.9 Å². The van der Waals surface area contributed by atoms with Gasteiger partial charge in [0.25, 0.3) is 0 Å². The highest BCUT2D eigenvalue weighted by atomic mass is 32.2. The molecule has 1 fully saturated rings. The quantitative estimate of drug-likeness (QED) is 0.505. The fourth-order valence-electron chi connectivity index (χ4n) is 4.05. The molecule has 1 saturated heterocycles. The fraction of sp³-hybridized carbons (Fsp3) is 0.500. The number of halogens is 2. The summed E-state index contributed by atoms with van der Waals surface area (Å²) in [5.41, 5.74) is 1.43. The zero-order valence-electron chi connectivity index (χ0n) is 20.7. The van der Waals surface area contributed by atoms with Crippen molar-refractivity contribution in [2.75, 3.05) is 19.7 Å². The maximum atomic E-state index is 14.9. The normalized spacial score (nSPS) is 19.4. The number of sulfonamides is 1. The monoisotopic (exact) mass is 508 g/mol. The minimum absolute atomic E-state index is 0.0647. The van der Waals surface area contributed by atoms with Crippen LogP contribution in [0.4, 0.5) is 8.78 Å². The van der Waals surface area contributed by atoms with Gasteiger partial charge in [0, 0.05) is 18.5 Å². The van der Waals surface area contributed by atoms with Gasteiger partial charge in [-0.3, -0.25) is 4.79 Å². The van der Waals surface area contributed by atoms with Gasteiger partial charge in [-0.25, -0.2) is 17.2 Å². The molecule has 35 heavy (non-hydrogen) atoms. The summed E-state index contributed by atoms with van der Waals surface area (Å²) >= 11 is 0. The second kappa shape index (κ2) is 11.0. The summed E-state index contributed by atoms with van der Waals surface area (Å²) in [4.78, 5) is 12.8. The molecule has 0 bridgehead atoms. The Labute approximate surface area is 206 Å². The minimum Gasteiger partial charge on any atom is -0.493 e. The number of alkyl halides is 1. The van der Waals surface area contributed by atoms with Gasteiger partial charge < -0.3 is 10.1 Å². The molecule has 192 valence electrons. The van der Waals surface area contributed by atoms with Crippen LogP contribution in [-0.4, -0.2) is 50.5 Å². The van der Waals surface area contributed by atoms with E-state index in [4.69, 9.17) is 4.74 Å². The van der Waals surface area contributed by atoms with Crippen molar-refractivity contribution in [3.8, 4) is 5.75 Å². The lowest BCUT2D eigenvalue weighted by molar-refractivity contribution is -0.131. The first kappa shape index (κ1) is 27.1. The highest BCUT2D eigenvalue weighted by Crippen LogP contribution is 2.27. The van der Waals surface area contributed by atoms with Crippen LogP contribution in [0.2, 0.25) is 0 Å². The topological polar surface area (TPSA) is 75.7 Å². The number of amides is 1. The molecule has 9 heteroatoms. The van der Waals surface area contributed by atoms with E-state index in [1.54, 1.807) is 0 Å². The third-order valence-corrected chi connectivity index (χ3v) is 8.31. The standard InChI is InChI=1S/C26H34F2N2O4S/c1-18-6-7-19(2)24(16-18)34-15-5-13-26(3,4)25(31)29-23-12-14-30(17-22(23)28)35(32,33)21-10-8-20(27)9-11-21/h6-11,16,22-23H,5,12-15,17H2,1-4H3,(H,29,31). The van der Waals surface area contributed by atoms with E-state index in [9.17, 15) is 22.0 Å². The molecule has 0 spiro atoms. The lowest BCUT2D eigenvalue weighted by Gasteiger charge is -2.36. The smallest absolute Gasteiger partial charge is 0.243 e. The van der Waals surface area contributed by atoms with E-state index >= 15 is 0 Å². The first-order chi connectivity index (χ1) is 16.4. The molecule has 0 aliphatic carbocycles. The summed E-state index contributed by atoms with van der Waals surface area (Å²) in [7, 11) is -3.94. The van der Waals surface area contributed by atoms with Gasteiger partial charge in [0.1, 0.15) is 17.7 Å². The van der Waals surface area contributed by atoms with Crippen LogP contribution < -0.4 is 10.1 Å². The first-order valence-electron chi connectivity index (χ1n) is 11.8. The molecule has 2 unspecified atom stereocenters. The van der Waals surface area contributed by atoms with Gasteiger partial charge in [0.15, 0.2) is 0 Å². The Morgan fingerprint density at radius 2 is 1.86 bits per heavy atom. The average Bonchev–Trinajstić information content (AvgIpc) is 2.80. The molecule has 1 heterocycles. The maximum absolute atomic E-state index is 14.9. The van der Waals surface area contributed by atoms with Gasteiger partial charge in [-0.1, -0.05) is 26.0 Å². The lowest BCUT2D eigenvalue weighted by atomic mass is 9.86. The molecule has 2 aromatic rings. The van der Waals surface area contributed by atoms with Gasteiger partial charge in [0.05, 0.1) is 17.5 Å². The van der Waals surface area contributed by atoms with Crippen molar-refractivity contribution in [2.45, 2.75) is 64.1 Å². The highest BCUT2D eigenvalue weighted by Gasteiger charge is 2.38. The largest absolute Gasteiger partial charge is 0.493 e. The molecule has 3 rings (SSSR count). The fourth-order valence-corrected chi connectivity index (χ4v) is 5.51. The molecule has 1 aliphatic rings. The van der Waals surface area contributed by atoms with Gasteiger partial charge >= 0.3 is 0 Å². The summed E-state index contributed by atoms with van der Waals surface area (Å²) in [6, 6.07) is 9.69. The number of aryl methyl sites for hydroxylation is 2. The highest BCUT2D eigenvalue weighted by molar-refractivity contribution is 7.89. The van der Waals surface area contributed by atoms with E-state index in [2.05, 4.69) is 5.32 Å². The number of ether oxygens (including phenoxy) is 1. The Kier molecular flexibility index (Phi) is 8.54. The number of hydrogen-bond donors (Lipinski definition) is 1. The third kappa shape index (κ3) is 6.79. The van der Waals surface area contributed by atoms with Crippen molar-refractivity contribution in [3.05, 3.63) is 59.4 Å². The van der Waals surface area contributed by atoms with E-state index < -0.39 is 33.5 Å². The number of carbonyl (C=O) groups excluding carboxylic acids is 1. The van der Waals surface area contributed by atoms with Gasteiger partial charge in [0.2, 0.25) is 15.9 Å². The summed E-state index contributed by atoms with van der Waals surface area (Å²) in [6.45, 7) is 7.76. The van der Waals surface area contributed by atoms with Gasteiger partial charge in [-0.05, 0) is 74.6 Å². The zero-order chi connectivity index (χ0) is 25.8. The molecular weight excluding hydrogens is 474 g/mol. The Balaban J connectivity index is 1.50. The number of rotatable bonds is 9. The van der Waals surface area contributed by atoms with Crippen LogP contribution in [0.1, 0.15) is 44.2 Å². The minimum atomic E-state index is -3.94. The molecule has 0 radical (unpaired) electrons. The Morgan fingerprint density at radius 1 is 1.17 bits per heavy atom. The zero-order valence-corrected chi connectivity index (χ0v) is 21.5. The predicted molar refractivity (Wildman–Crippen MR) is 131 cm³/mol. The number of piperidine rings is 1. The average molecular weight is 509 g/mol. The summed E-state index contributed by atoms with van der Waals surface area (Å²) in [6.07, 6.45) is -0.190. The first-order valence-corrected chi connectivity index (χ1v) is 13.2. The second-order valence-corrected chi connectivity index (χ2v) is 11.7. The second-order valence-electron chi connectivity index (χ2n) is 9.81. The number of nitrogens with one attached hydrogen (secondary N) is 1. The van der Waals surface area contributed by atoms with E-state index in [1.165, 1.54) is 0 Å². The lowest BCUT2D eigenvalue weighted by Crippen LogP contribution is -2.55. The Morgan fingerprint density at radius 3 is 2.51 bits per heavy atom. The molecule has 1 amide bonds. The SMILES string of the molecule is Cc1ccc(C)c(OCCCC(C)(C)C(=O)NC2CCN(S(=O)(=O)c3ccc(F)cc3)CC2F)c1. The molecule has 2 atom stereocenters. The number of carbonyl (C=O) groups is 1. The summed E-state index contributed by atoms with van der Waals surface area (Å²) < 4.78 is 60.5. The van der Waals surface area contributed by atoms with Crippen LogP contribution in [-0.2, 0) is 14.8 Å². The van der Waals surface area contributed by atoms with Crippen LogP contribution in [0.15, 0.2) is 47.4 Å². The molecule has 2 aromatic carbocycles. The Bertz CT molecular complexity index is 1140. The van der Waals surface area contributed by atoms with Crippen molar-refractivity contribution >= 4 is 15.9 Å². The van der Waals surface area contributed by atoms with Crippen LogP contribution >= 0.6 is 0 Å². The van der Waals surface area contributed by atoms with E-state index in [0.29, 0.717) is 19.4 Å². The molecule has 1 N–H and O–H groups in total. The van der Waals surface area contributed by atoms with Crippen molar-refractivity contribution in [3.63, 3.8) is 0 Å². The van der Waals surface area contributed by atoms with Gasteiger partial charge in [-0.2, -0.15) is 4.31 Å². The van der Waals surface area contributed by atoms with Crippen LogP contribution in [0, 0.1) is 25.1 Å². The van der Waals surface area contributed by atoms with Crippen molar-refractivity contribution in [2.24, 2.45) is 5.41 Å². The van der Waals surface area contributed by atoms with Crippen LogP contribution in [0.3, 0.4) is 0 Å². The Hall–Kier alpha value is -2.52. The van der Waals surface area contributed by atoms with Crippen molar-refractivity contribution in [1.29, 1.82) is 0 Å². The molecule has 0 saturated carbocycles. The summed E-state index contributed by atoms with van der Waals surface area (Å²) in [5.74, 6) is 0.00907. The van der Waals surface area contributed by atoms with Gasteiger partial charge in [-0.15, -0.1) is 0 Å². The van der Waals surface area contributed by atoms with Crippen LogP contribution in [0.5, 0.6) is 5.75 Å². The molecule has 1 aliphatic heterocycles. The number of benzene rings is 2. The van der Waals surface area contributed by atoms with Crippen molar-refractivity contribution < 1.29 is 26.7 Å². The maximum Gasteiger partial charge on any atom is 0.243 e. The van der Waals surface area contributed by atoms with E-state index in [0.717, 1.165) is 45.4 Å². The van der Waals surface area contributed by atoms with Crippen molar-refractivity contribution in [1.82, 2.24) is 9.62 Å². The summed E-state index contributed by atoms with van der Waals surface area (Å²) in [5, 5.41) is 2.78. The molecule has 0 aromatic heterocycles. The molecule has 6 nitrogen and oxygen atoms in total.